The molecule has 2 aromatic rings. The molecule has 4 rings (SSSR count). The van der Waals surface area contributed by atoms with Gasteiger partial charge >= 0.3 is 0 Å². The van der Waals surface area contributed by atoms with Crippen molar-refractivity contribution < 1.29 is 17.6 Å². The van der Waals surface area contributed by atoms with Gasteiger partial charge < -0.3 is 4.90 Å². The van der Waals surface area contributed by atoms with Gasteiger partial charge in [0.15, 0.2) is 0 Å². The summed E-state index contributed by atoms with van der Waals surface area (Å²) in [4.78, 5) is 15.4. The fourth-order valence-corrected chi connectivity index (χ4v) is 6.01. The molecule has 7 heteroatoms. The van der Waals surface area contributed by atoms with Crippen LogP contribution in [0.3, 0.4) is 0 Å². The second-order valence-corrected chi connectivity index (χ2v) is 9.78. The summed E-state index contributed by atoms with van der Waals surface area (Å²) in [6.45, 7) is 3.00. The summed E-state index contributed by atoms with van der Waals surface area (Å²) in [7, 11) is -3.62. The molecule has 1 fully saturated rings. The largest absolute Gasteiger partial charge is 0.312 e. The number of halogens is 1. The van der Waals surface area contributed by atoms with E-state index in [9.17, 15) is 17.6 Å². The lowest BCUT2D eigenvalue weighted by Gasteiger charge is -2.37. The average Bonchev–Trinajstić information content (AvgIpc) is 2.73. The Bertz CT molecular complexity index is 1020. The summed E-state index contributed by atoms with van der Waals surface area (Å²) >= 11 is 0. The van der Waals surface area contributed by atoms with Gasteiger partial charge in [0.25, 0.3) is 0 Å². The van der Waals surface area contributed by atoms with E-state index in [4.69, 9.17) is 0 Å². The number of benzene rings is 2. The van der Waals surface area contributed by atoms with E-state index in [1.807, 2.05) is 6.92 Å². The first-order valence-electron chi connectivity index (χ1n) is 10.0. The van der Waals surface area contributed by atoms with Crippen molar-refractivity contribution in [3.63, 3.8) is 0 Å². The molecule has 154 valence electrons. The van der Waals surface area contributed by atoms with Crippen LogP contribution in [0.25, 0.3) is 0 Å². The summed E-state index contributed by atoms with van der Waals surface area (Å²) < 4.78 is 41.2. The Labute approximate surface area is 171 Å². The zero-order chi connectivity index (χ0) is 20.6. The van der Waals surface area contributed by atoms with Crippen LogP contribution in [0, 0.1) is 18.7 Å². The summed E-state index contributed by atoms with van der Waals surface area (Å²) in [5.74, 6) is -0.736. The van der Waals surface area contributed by atoms with Crippen LogP contribution in [0.1, 0.15) is 30.4 Å². The molecule has 0 radical (unpaired) electrons. The first kappa shape index (κ1) is 20.0. The number of rotatable bonds is 3. The molecule has 2 heterocycles. The minimum absolute atomic E-state index is 0.0615. The molecule has 1 unspecified atom stereocenters. The molecule has 0 N–H and O–H groups in total. The van der Waals surface area contributed by atoms with Crippen molar-refractivity contribution in [1.29, 1.82) is 0 Å². The molecule has 0 aromatic heterocycles. The molecular formula is C22H25FN2O3S. The van der Waals surface area contributed by atoms with Crippen LogP contribution < -0.4 is 4.90 Å². The molecule has 0 bridgehead atoms. The van der Waals surface area contributed by atoms with E-state index >= 15 is 0 Å². The Morgan fingerprint density at radius 3 is 2.62 bits per heavy atom. The van der Waals surface area contributed by atoms with Crippen LogP contribution in [0.5, 0.6) is 0 Å². The molecule has 2 aromatic carbocycles. The minimum Gasteiger partial charge on any atom is -0.312 e. The molecule has 0 spiro atoms. The van der Waals surface area contributed by atoms with Gasteiger partial charge in [-0.05, 0) is 68.0 Å². The molecule has 5 nitrogen and oxygen atoms in total. The molecule has 1 saturated heterocycles. The van der Waals surface area contributed by atoms with Crippen molar-refractivity contribution >= 4 is 21.6 Å². The average molecular weight is 417 g/mol. The highest BCUT2D eigenvalue weighted by molar-refractivity contribution is 7.89. The van der Waals surface area contributed by atoms with Crippen molar-refractivity contribution in [3.8, 4) is 0 Å². The third-order valence-electron chi connectivity index (χ3n) is 5.82. The molecule has 0 aliphatic carbocycles. The van der Waals surface area contributed by atoms with Crippen LogP contribution in [0.4, 0.5) is 10.1 Å². The lowest BCUT2D eigenvalue weighted by molar-refractivity contribution is -0.123. The van der Waals surface area contributed by atoms with E-state index < -0.39 is 15.9 Å². The number of hydrogen-bond donors (Lipinski definition) is 0. The van der Waals surface area contributed by atoms with Gasteiger partial charge in [-0.1, -0.05) is 18.2 Å². The predicted molar refractivity (Wildman–Crippen MR) is 110 cm³/mol. The second-order valence-electron chi connectivity index (χ2n) is 7.84. The summed E-state index contributed by atoms with van der Waals surface area (Å²) in [6, 6.07) is 11.3. The maximum atomic E-state index is 13.8. The van der Waals surface area contributed by atoms with Crippen LogP contribution in [-0.4, -0.2) is 38.3 Å². The topological polar surface area (TPSA) is 57.7 Å². The van der Waals surface area contributed by atoms with Crippen LogP contribution >= 0.6 is 0 Å². The van der Waals surface area contributed by atoms with Crippen LogP contribution in [-0.2, 0) is 21.2 Å². The molecule has 2 aliphatic heterocycles. The van der Waals surface area contributed by atoms with Gasteiger partial charge in [-0.25, -0.2) is 12.8 Å². The maximum Gasteiger partial charge on any atom is 0.243 e. The Balaban J connectivity index is 1.58. The lowest BCUT2D eigenvalue weighted by Crippen LogP contribution is -2.48. The highest BCUT2D eigenvalue weighted by atomic mass is 32.2. The minimum atomic E-state index is -3.62. The Hall–Kier alpha value is -2.25. The fraction of sp³-hybridized carbons (Fsp3) is 0.409. The van der Waals surface area contributed by atoms with Crippen LogP contribution in [0.2, 0.25) is 0 Å². The Morgan fingerprint density at radius 2 is 1.86 bits per heavy atom. The molecular weight excluding hydrogens is 391 g/mol. The molecule has 0 saturated carbocycles. The smallest absolute Gasteiger partial charge is 0.243 e. The number of carbonyl (C=O) groups is 1. The number of hydrogen-bond acceptors (Lipinski definition) is 3. The van der Waals surface area contributed by atoms with E-state index in [0.29, 0.717) is 25.9 Å². The monoisotopic (exact) mass is 416 g/mol. The van der Waals surface area contributed by atoms with Gasteiger partial charge in [-0.3, -0.25) is 4.79 Å². The van der Waals surface area contributed by atoms with Crippen LogP contribution in [0.15, 0.2) is 47.4 Å². The second kappa shape index (κ2) is 7.88. The van der Waals surface area contributed by atoms with Crippen molar-refractivity contribution in [2.75, 3.05) is 24.5 Å². The number of amides is 1. The summed E-state index contributed by atoms with van der Waals surface area (Å²) in [5, 5.41) is 0. The zero-order valence-corrected chi connectivity index (χ0v) is 17.3. The van der Waals surface area contributed by atoms with Gasteiger partial charge in [0.2, 0.25) is 15.9 Å². The fourth-order valence-electron chi connectivity index (χ4n) is 4.47. The SMILES string of the molecule is Cc1cc(F)cc2c1N(C(=O)C1CCCN(S(=O)(=O)c3ccccc3)C1)CCC2. The molecule has 1 atom stereocenters. The van der Waals surface area contributed by atoms with E-state index in [1.165, 1.54) is 16.4 Å². The number of sulfonamides is 1. The highest BCUT2D eigenvalue weighted by Gasteiger charge is 2.36. The van der Waals surface area contributed by atoms with Gasteiger partial charge in [0.1, 0.15) is 5.82 Å². The van der Waals surface area contributed by atoms with E-state index in [2.05, 4.69) is 0 Å². The standard InChI is InChI=1S/C22H25FN2O3S/c1-16-13-19(23)14-17-7-6-12-25(21(16)17)22(26)18-8-5-11-24(15-18)29(27,28)20-9-3-2-4-10-20/h2-4,9-10,13-14,18H,5-8,11-12,15H2,1H3. The lowest BCUT2D eigenvalue weighted by atomic mass is 9.93. The van der Waals surface area contributed by atoms with Crippen molar-refractivity contribution in [2.45, 2.75) is 37.5 Å². The van der Waals surface area contributed by atoms with E-state index in [0.717, 1.165) is 29.7 Å². The quantitative estimate of drug-likeness (QED) is 0.769. The Kier molecular flexibility index (Phi) is 5.44. The van der Waals surface area contributed by atoms with E-state index in [1.54, 1.807) is 35.2 Å². The number of carbonyl (C=O) groups excluding carboxylic acids is 1. The molecule has 1 amide bonds. The predicted octanol–water partition coefficient (Wildman–Crippen LogP) is 3.51. The van der Waals surface area contributed by atoms with Gasteiger partial charge in [-0.15, -0.1) is 0 Å². The first-order chi connectivity index (χ1) is 13.9. The number of nitrogens with zero attached hydrogens (tertiary/aromatic N) is 2. The number of aryl methyl sites for hydroxylation is 2. The number of piperidine rings is 1. The van der Waals surface area contributed by atoms with Gasteiger partial charge in [-0.2, -0.15) is 4.31 Å². The molecule has 2 aliphatic rings. The van der Waals surface area contributed by atoms with Gasteiger partial charge in [0, 0.05) is 25.3 Å². The van der Waals surface area contributed by atoms with Crippen molar-refractivity contribution in [2.24, 2.45) is 5.92 Å². The van der Waals surface area contributed by atoms with Crippen molar-refractivity contribution in [1.82, 2.24) is 4.31 Å². The summed E-state index contributed by atoms with van der Waals surface area (Å²) in [5.41, 5.74) is 2.40. The third kappa shape index (κ3) is 3.81. The first-order valence-corrected chi connectivity index (χ1v) is 11.5. The number of anilines is 1. The van der Waals surface area contributed by atoms with E-state index in [-0.39, 0.29) is 23.2 Å². The third-order valence-corrected chi connectivity index (χ3v) is 7.70. The maximum absolute atomic E-state index is 13.8. The highest BCUT2D eigenvalue weighted by Crippen LogP contribution is 2.34. The van der Waals surface area contributed by atoms with Crippen molar-refractivity contribution in [3.05, 3.63) is 59.4 Å². The van der Waals surface area contributed by atoms with Gasteiger partial charge in [0.05, 0.1) is 10.8 Å². The normalized spacial score (nSPS) is 20.3. The number of fused-ring (bicyclic) bond motifs is 1. The zero-order valence-electron chi connectivity index (χ0n) is 16.5. The summed E-state index contributed by atoms with van der Waals surface area (Å²) in [6.07, 6.45) is 2.83. The molecule has 29 heavy (non-hydrogen) atoms. The Morgan fingerprint density at radius 1 is 1.10 bits per heavy atom.